The Hall–Kier alpha value is -1.80. The number of thiazole rings is 1. The Kier molecular flexibility index (Phi) is 6.73. The summed E-state index contributed by atoms with van der Waals surface area (Å²) in [6, 6.07) is 8.60. The van der Waals surface area contributed by atoms with Gasteiger partial charge in [-0.25, -0.2) is 4.98 Å². The van der Waals surface area contributed by atoms with Crippen LogP contribution in [0.15, 0.2) is 29.6 Å². The molecule has 1 aliphatic heterocycles. The number of nitrogens with two attached hydrogens (primary N) is 1. The summed E-state index contributed by atoms with van der Waals surface area (Å²) >= 11 is 1.48. The van der Waals surface area contributed by atoms with Crippen LogP contribution in [0.1, 0.15) is 32.7 Å². The molecule has 1 aromatic heterocycles. The Bertz CT molecular complexity index is 728. The lowest BCUT2D eigenvalue weighted by atomic mass is 10.0. The molecule has 26 heavy (non-hydrogen) atoms. The molecule has 0 spiro atoms. The fraction of sp³-hybridized carbons (Fsp3) is 0.474. The normalized spacial score (nSPS) is 16.4. The molecule has 1 saturated heterocycles. The SMILES string of the molecule is Cc1cccc(C(CNC(=O)c2csc(CCN)n2)N2CCOCC2)c1. The van der Waals surface area contributed by atoms with Crippen molar-refractivity contribution in [1.29, 1.82) is 0 Å². The van der Waals surface area contributed by atoms with Gasteiger partial charge in [0.1, 0.15) is 5.69 Å². The zero-order chi connectivity index (χ0) is 18.4. The number of benzene rings is 1. The van der Waals surface area contributed by atoms with E-state index >= 15 is 0 Å². The Morgan fingerprint density at radius 1 is 1.42 bits per heavy atom. The van der Waals surface area contributed by atoms with Crippen molar-refractivity contribution in [1.82, 2.24) is 15.2 Å². The van der Waals surface area contributed by atoms with E-state index in [2.05, 4.69) is 46.4 Å². The first-order valence-electron chi connectivity index (χ1n) is 8.98. The van der Waals surface area contributed by atoms with Crippen LogP contribution in [0, 0.1) is 6.92 Å². The molecule has 3 rings (SSSR count). The minimum atomic E-state index is -0.129. The summed E-state index contributed by atoms with van der Waals surface area (Å²) in [5.74, 6) is -0.129. The molecule has 2 aromatic rings. The summed E-state index contributed by atoms with van der Waals surface area (Å²) in [4.78, 5) is 19.3. The number of aromatic nitrogens is 1. The number of morpholine rings is 1. The number of hydrogen-bond acceptors (Lipinski definition) is 6. The number of nitrogens with zero attached hydrogens (tertiary/aromatic N) is 2. The van der Waals surface area contributed by atoms with Gasteiger partial charge in [-0.3, -0.25) is 9.69 Å². The summed E-state index contributed by atoms with van der Waals surface area (Å²) in [6.45, 7) is 6.37. The van der Waals surface area contributed by atoms with Crippen LogP contribution >= 0.6 is 11.3 Å². The third kappa shape index (κ3) is 4.88. The highest BCUT2D eigenvalue weighted by Gasteiger charge is 2.24. The summed E-state index contributed by atoms with van der Waals surface area (Å²) in [5.41, 5.74) is 8.47. The average molecular weight is 375 g/mol. The number of aryl methyl sites for hydroxylation is 1. The van der Waals surface area contributed by atoms with E-state index in [0.29, 0.717) is 25.2 Å². The molecule has 1 aromatic carbocycles. The minimum Gasteiger partial charge on any atom is -0.379 e. The molecule has 0 aliphatic carbocycles. The minimum absolute atomic E-state index is 0.129. The van der Waals surface area contributed by atoms with Gasteiger partial charge in [-0.15, -0.1) is 11.3 Å². The second-order valence-corrected chi connectivity index (χ2v) is 7.40. The van der Waals surface area contributed by atoms with Gasteiger partial charge in [-0.05, 0) is 19.0 Å². The molecule has 0 bridgehead atoms. The fourth-order valence-electron chi connectivity index (χ4n) is 3.16. The molecular weight excluding hydrogens is 348 g/mol. The Labute approximate surface area is 158 Å². The second-order valence-electron chi connectivity index (χ2n) is 6.45. The maximum atomic E-state index is 12.5. The number of amides is 1. The van der Waals surface area contributed by atoms with Crippen molar-refractivity contribution in [2.75, 3.05) is 39.4 Å². The quantitative estimate of drug-likeness (QED) is 0.772. The first kappa shape index (κ1) is 19.0. The van der Waals surface area contributed by atoms with Crippen molar-refractivity contribution >= 4 is 17.2 Å². The Morgan fingerprint density at radius 3 is 2.96 bits per heavy atom. The predicted octanol–water partition coefficient (Wildman–Crippen LogP) is 1.76. The van der Waals surface area contributed by atoms with E-state index in [1.165, 1.54) is 22.5 Å². The van der Waals surface area contributed by atoms with Gasteiger partial charge in [0.15, 0.2) is 0 Å². The number of carbonyl (C=O) groups is 1. The highest BCUT2D eigenvalue weighted by atomic mass is 32.1. The van der Waals surface area contributed by atoms with Crippen molar-refractivity contribution in [2.24, 2.45) is 5.73 Å². The standard InChI is InChI=1S/C19H26N4O2S/c1-14-3-2-4-15(11-14)17(23-7-9-25-10-8-23)12-21-19(24)16-13-26-18(22-16)5-6-20/h2-4,11,13,17H,5-10,12,20H2,1H3,(H,21,24). The van der Waals surface area contributed by atoms with E-state index in [0.717, 1.165) is 31.3 Å². The highest BCUT2D eigenvalue weighted by Crippen LogP contribution is 2.22. The van der Waals surface area contributed by atoms with Crippen molar-refractivity contribution in [3.8, 4) is 0 Å². The van der Waals surface area contributed by atoms with Gasteiger partial charge < -0.3 is 15.8 Å². The van der Waals surface area contributed by atoms with Crippen LogP contribution in [-0.2, 0) is 11.2 Å². The van der Waals surface area contributed by atoms with E-state index < -0.39 is 0 Å². The van der Waals surface area contributed by atoms with E-state index in [1.807, 2.05) is 0 Å². The van der Waals surface area contributed by atoms with Crippen LogP contribution in [-0.4, -0.2) is 55.2 Å². The number of nitrogens with one attached hydrogen (secondary N) is 1. The average Bonchev–Trinajstić information content (AvgIpc) is 3.12. The molecule has 140 valence electrons. The third-order valence-electron chi connectivity index (χ3n) is 4.51. The molecule has 0 radical (unpaired) electrons. The molecule has 3 N–H and O–H groups in total. The molecule has 1 aliphatic rings. The van der Waals surface area contributed by atoms with E-state index in [-0.39, 0.29) is 11.9 Å². The Morgan fingerprint density at radius 2 is 2.23 bits per heavy atom. The molecule has 1 unspecified atom stereocenters. The van der Waals surface area contributed by atoms with Crippen LogP contribution in [0.3, 0.4) is 0 Å². The monoisotopic (exact) mass is 374 g/mol. The van der Waals surface area contributed by atoms with Gasteiger partial charge in [0.25, 0.3) is 5.91 Å². The topological polar surface area (TPSA) is 80.5 Å². The van der Waals surface area contributed by atoms with Gasteiger partial charge in [-0.2, -0.15) is 0 Å². The highest BCUT2D eigenvalue weighted by molar-refractivity contribution is 7.09. The van der Waals surface area contributed by atoms with Gasteiger partial charge in [0, 0.05) is 31.4 Å². The number of hydrogen-bond donors (Lipinski definition) is 2. The lowest BCUT2D eigenvalue weighted by Gasteiger charge is -2.35. The van der Waals surface area contributed by atoms with E-state index in [9.17, 15) is 4.79 Å². The predicted molar refractivity (Wildman–Crippen MR) is 104 cm³/mol. The van der Waals surface area contributed by atoms with Gasteiger partial charge in [0.05, 0.1) is 24.3 Å². The molecule has 1 atom stereocenters. The molecule has 0 saturated carbocycles. The summed E-state index contributed by atoms with van der Waals surface area (Å²) < 4.78 is 5.48. The van der Waals surface area contributed by atoms with Crippen molar-refractivity contribution < 1.29 is 9.53 Å². The molecule has 2 heterocycles. The van der Waals surface area contributed by atoms with Gasteiger partial charge in [-0.1, -0.05) is 29.8 Å². The fourth-order valence-corrected chi connectivity index (χ4v) is 3.95. The molecule has 1 fully saturated rings. The van der Waals surface area contributed by atoms with Crippen molar-refractivity contribution in [2.45, 2.75) is 19.4 Å². The van der Waals surface area contributed by atoms with Gasteiger partial charge >= 0.3 is 0 Å². The van der Waals surface area contributed by atoms with Crippen LogP contribution in [0.5, 0.6) is 0 Å². The first-order chi connectivity index (χ1) is 12.7. The van der Waals surface area contributed by atoms with E-state index in [4.69, 9.17) is 10.5 Å². The zero-order valence-electron chi connectivity index (χ0n) is 15.1. The zero-order valence-corrected chi connectivity index (χ0v) is 15.9. The Balaban J connectivity index is 1.69. The lowest BCUT2D eigenvalue weighted by Crippen LogP contribution is -2.43. The summed E-state index contributed by atoms with van der Waals surface area (Å²) in [6.07, 6.45) is 0.706. The lowest BCUT2D eigenvalue weighted by molar-refractivity contribution is 0.0162. The third-order valence-corrected chi connectivity index (χ3v) is 5.42. The number of carbonyl (C=O) groups excluding carboxylic acids is 1. The summed E-state index contributed by atoms with van der Waals surface area (Å²) in [5, 5.41) is 5.77. The molecule has 6 nitrogen and oxygen atoms in total. The maximum absolute atomic E-state index is 12.5. The van der Waals surface area contributed by atoms with Crippen LogP contribution in [0.2, 0.25) is 0 Å². The largest absolute Gasteiger partial charge is 0.379 e. The number of rotatable bonds is 7. The van der Waals surface area contributed by atoms with Crippen molar-refractivity contribution in [3.63, 3.8) is 0 Å². The van der Waals surface area contributed by atoms with E-state index in [1.54, 1.807) is 5.38 Å². The summed E-state index contributed by atoms with van der Waals surface area (Å²) in [7, 11) is 0. The first-order valence-corrected chi connectivity index (χ1v) is 9.86. The molecule has 7 heteroatoms. The smallest absolute Gasteiger partial charge is 0.270 e. The van der Waals surface area contributed by atoms with Gasteiger partial charge in [0.2, 0.25) is 0 Å². The van der Waals surface area contributed by atoms with Crippen LogP contribution in [0.4, 0.5) is 0 Å². The van der Waals surface area contributed by atoms with Crippen LogP contribution < -0.4 is 11.1 Å². The van der Waals surface area contributed by atoms with Crippen molar-refractivity contribution in [3.05, 3.63) is 51.5 Å². The maximum Gasteiger partial charge on any atom is 0.270 e. The molecule has 1 amide bonds. The molecular formula is C19H26N4O2S. The number of ether oxygens (including phenoxy) is 1. The second kappa shape index (κ2) is 9.23. The van der Waals surface area contributed by atoms with Crippen LogP contribution in [0.25, 0.3) is 0 Å².